The van der Waals surface area contributed by atoms with Crippen molar-refractivity contribution in [3.05, 3.63) is 58.8 Å². The number of nitrogens with zero attached hydrogens (tertiary/aromatic N) is 2. The van der Waals surface area contributed by atoms with E-state index in [0.717, 1.165) is 59.6 Å². The molecule has 34 heavy (non-hydrogen) atoms. The Balaban J connectivity index is 1.43. The van der Waals surface area contributed by atoms with Crippen LogP contribution in [0.5, 0.6) is 11.5 Å². The molecule has 2 unspecified atom stereocenters. The van der Waals surface area contributed by atoms with Gasteiger partial charge < -0.3 is 19.5 Å². The Labute approximate surface area is 197 Å². The number of hydrogen-bond acceptors (Lipinski definition) is 4. The molecule has 176 valence electrons. The number of phenols is 1. The van der Waals surface area contributed by atoms with E-state index in [1.165, 1.54) is 18.4 Å². The Morgan fingerprint density at radius 1 is 1.15 bits per heavy atom. The Morgan fingerprint density at radius 3 is 2.82 bits per heavy atom. The number of aryl methyl sites for hydroxylation is 1. The molecule has 2 aliphatic heterocycles. The lowest BCUT2D eigenvalue weighted by atomic mass is 9.49. The first-order valence-corrected chi connectivity index (χ1v) is 12.7. The smallest absolute Gasteiger partial charge is 0.166 e. The number of benzene rings is 2. The van der Waals surface area contributed by atoms with Crippen LogP contribution in [-0.4, -0.2) is 51.1 Å². The van der Waals surface area contributed by atoms with Gasteiger partial charge in [-0.05, 0) is 61.4 Å². The third-order valence-electron chi connectivity index (χ3n) is 9.64. The molecular formula is C28H29FN2O3. The van der Waals surface area contributed by atoms with Crippen LogP contribution in [0.2, 0.25) is 0 Å². The van der Waals surface area contributed by atoms with E-state index in [1.807, 2.05) is 24.3 Å². The van der Waals surface area contributed by atoms with Crippen molar-refractivity contribution >= 4 is 10.9 Å². The zero-order chi connectivity index (χ0) is 22.8. The fourth-order valence-electron chi connectivity index (χ4n) is 8.13. The Bertz CT molecular complexity index is 1360. The van der Waals surface area contributed by atoms with E-state index in [2.05, 4.69) is 15.5 Å². The van der Waals surface area contributed by atoms with E-state index in [4.69, 9.17) is 4.74 Å². The van der Waals surface area contributed by atoms with Crippen molar-refractivity contribution in [2.75, 3.05) is 19.8 Å². The summed E-state index contributed by atoms with van der Waals surface area (Å²) in [5, 5.41) is 24.8. The number of piperidine rings is 1. The Morgan fingerprint density at radius 2 is 2.00 bits per heavy atom. The molecule has 5 aliphatic rings. The van der Waals surface area contributed by atoms with Crippen LogP contribution in [0.4, 0.5) is 4.39 Å². The predicted octanol–water partition coefficient (Wildman–Crippen LogP) is 4.02. The van der Waals surface area contributed by atoms with Crippen LogP contribution in [0.1, 0.15) is 47.8 Å². The molecular weight excluding hydrogens is 430 g/mol. The highest BCUT2D eigenvalue weighted by molar-refractivity contribution is 5.87. The van der Waals surface area contributed by atoms with Gasteiger partial charge in [0.1, 0.15) is 6.67 Å². The van der Waals surface area contributed by atoms with Gasteiger partial charge in [0, 0.05) is 35.5 Å². The number of halogens is 1. The summed E-state index contributed by atoms with van der Waals surface area (Å²) in [6, 6.07) is 11.9. The molecule has 2 bridgehead atoms. The summed E-state index contributed by atoms with van der Waals surface area (Å²) in [6.45, 7) is 1.76. The second-order valence-electron chi connectivity index (χ2n) is 11.1. The maximum absolute atomic E-state index is 13.8. The minimum Gasteiger partial charge on any atom is -0.504 e. The van der Waals surface area contributed by atoms with E-state index in [-0.39, 0.29) is 18.3 Å². The normalized spacial score (nSPS) is 33.0. The molecule has 1 saturated carbocycles. The van der Waals surface area contributed by atoms with Crippen LogP contribution in [0.25, 0.3) is 10.9 Å². The summed E-state index contributed by atoms with van der Waals surface area (Å²) in [5.74, 6) is 1.41. The lowest BCUT2D eigenvalue weighted by Crippen LogP contribution is -2.74. The summed E-state index contributed by atoms with van der Waals surface area (Å²) in [5.41, 5.74) is 3.62. The molecule has 8 rings (SSSR count). The highest BCUT2D eigenvalue weighted by Crippen LogP contribution is 2.69. The van der Waals surface area contributed by atoms with Crippen molar-refractivity contribution in [3.8, 4) is 11.5 Å². The van der Waals surface area contributed by atoms with Gasteiger partial charge in [0.25, 0.3) is 0 Å². The van der Waals surface area contributed by atoms with Gasteiger partial charge in [-0.15, -0.1) is 0 Å². The molecule has 3 aliphatic carbocycles. The molecule has 1 spiro atoms. The van der Waals surface area contributed by atoms with Crippen LogP contribution in [0.15, 0.2) is 36.4 Å². The number of aliphatic hydroxyl groups is 1. The number of alkyl halides is 1. The SMILES string of the molecule is Oc1ccc2c3c1OC1c4c(c5ccccc5n4CC[18F])CC4(O)[C@@H](C2)N(CC2CC2)CC[C@]314. The first kappa shape index (κ1) is 19.7. The molecule has 3 aromatic rings. The summed E-state index contributed by atoms with van der Waals surface area (Å²) >= 11 is 0. The van der Waals surface area contributed by atoms with Crippen molar-refractivity contribution in [1.82, 2.24) is 9.47 Å². The minimum atomic E-state index is -1.01. The number of aromatic nitrogens is 1. The first-order valence-electron chi connectivity index (χ1n) is 12.7. The summed E-state index contributed by atoms with van der Waals surface area (Å²) in [4.78, 5) is 2.54. The zero-order valence-electron chi connectivity index (χ0n) is 19.1. The number of likely N-dealkylation sites (tertiary alicyclic amines) is 1. The van der Waals surface area contributed by atoms with Gasteiger partial charge in [-0.3, -0.25) is 4.90 Å². The molecule has 3 heterocycles. The van der Waals surface area contributed by atoms with Crippen molar-refractivity contribution in [1.29, 1.82) is 0 Å². The Kier molecular flexibility index (Phi) is 3.68. The first-order chi connectivity index (χ1) is 16.6. The second kappa shape index (κ2) is 6.35. The number of aromatic hydroxyl groups is 1. The van der Waals surface area contributed by atoms with Crippen molar-refractivity contribution in [3.63, 3.8) is 0 Å². The van der Waals surface area contributed by atoms with Gasteiger partial charge >= 0.3 is 0 Å². The summed E-state index contributed by atoms with van der Waals surface area (Å²) in [7, 11) is 0. The molecule has 6 heteroatoms. The standard InChI is InChI=1S/C28H29FN2O3/c29-10-12-31-20-4-2-1-3-18(20)19-14-28(33)22-13-17-7-8-21(32)25-23(17)27(28,26(34-25)24(19)31)9-11-30(22)15-16-5-6-16/h1-4,7-8,16,22,26,32-33H,5-6,9-15H2/t22-,26?,27+,28?/m1/s1/i29-1. The van der Waals surface area contributed by atoms with Gasteiger partial charge in [-0.1, -0.05) is 24.3 Å². The highest BCUT2D eigenvalue weighted by atomic mass is 18.2. The largest absolute Gasteiger partial charge is 0.504 e. The van der Waals surface area contributed by atoms with E-state index in [0.29, 0.717) is 12.2 Å². The van der Waals surface area contributed by atoms with Gasteiger partial charge in [-0.25, -0.2) is 4.39 Å². The number of hydrogen-bond donors (Lipinski definition) is 2. The third-order valence-corrected chi connectivity index (χ3v) is 9.64. The lowest BCUT2D eigenvalue weighted by Gasteiger charge is -2.63. The molecule has 0 amide bonds. The minimum absolute atomic E-state index is 0.00683. The predicted molar refractivity (Wildman–Crippen MR) is 126 cm³/mol. The molecule has 5 nitrogen and oxygen atoms in total. The second-order valence-corrected chi connectivity index (χ2v) is 11.1. The quantitative estimate of drug-likeness (QED) is 0.619. The molecule has 1 aromatic heterocycles. The van der Waals surface area contributed by atoms with Crippen LogP contribution in [0, 0.1) is 5.92 Å². The summed E-state index contributed by atoms with van der Waals surface area (Å²) in [6.07, 6.45) is 4.21. The van der Waals surface area contributed by atoms with Gasteiger partial charge in [0.05, 0.1) is 23.3 Å². The van der Waals surface area contributed by atoms with Crippen molar-refractivity contribution in [2.45, 2.75) is 61.8 Å². The Hall–Kier alpha value is -2.57. The van der Waals surface area contributed by atoms with E-state index in [9.17, 15) is 14.6 Å². The van der Waals surface area contributed by atoms with E-state index >= 15 is 0 Å². The number of phenolic OH excluding ortho intramolecular Hbond substituents is 1. The maximum atomic E-state index is 13.8. The number of rotatable bonds is 4. The van der Waals surface area contributed by atoms with Gasteiger partial charge in [-0.2, -0.15) is 0 Å². The lowest BCUT2D eigenvalue weighted by molar-refractivity contribution is -0.173. The third kappa shape index (κ3) is 2.14. The fraction of sp³-hybridized carbons (Fsp3) is 0.500. The topological polar surface area (TPSA) is 57.9 Å². The van der Waals surface area contributed by atoms with Crippen molar-refractivity contribution in [2.24, 2.45) is 5.92 Å². The molecule has 1 saturated heterocycles. The molecule has 4 atom stereocenters. The van der Waals surface area contributed by atoms with E-state index < -0.39 is 23.8 Å². The average Bonchev–Trinajstić information content (AvgIpc) is 3.51. The van der Waals surface area contributed by atoms with Crippen LogP contribution >= 0.6 is 0 Å². The molecule has 2 N–H and O–H groups in total. The molecule has 2 aromatic carbocycles. The number of fused-ring (bicyclic) bond motifs is 4. The molecule has 0 radical (unpaired) electrons. The van der Waals surface area contributed by atoms with E-state index in [1.54, 1.807) is 6.07 Å². The fourth-order valence-corrected chi connectivity index (χ4v) is 8.13. The van der Waals surface area contributed by atoms with Crippen LogP contribution in [-0.2, 0) is 24.8 Å². The number of ether oxygens (including phenoxy) is 1. The average molecular weight is 460 g/mol. The number of para-hydroxylation sites is 1. The molecule has 2 fully saturated rings. The zero-order valence-corrected chi connectivity index (χ0v) is 19.1. The van der Waals surface area contributed by atoms with Gasteiger partial charge in [0.2, 0.25) is 0 Å². The van der Waals surface area contributed by atoms with Crippen molar-refractivity contribution < 1.29 is 19.3 Å². The highest BCUT2D eigenvalue weighted by Gasteiger charge is 2.73. The van der Waals surface area contributed by atoms with Gasteiger partial charge in [0.15, 0.2) is 17.6 Å². The monoisotopic (exact) mass is 459 g/mol. The maximum Gasteiger partial charge on any atom is 0.166 e. The van der Waals surface area contributed by atoms with Crippen LogP contribution < -0.4 is 4.74 Å². The summed E-state index contributed by atoms with van der Waals surface area (Å²) < 4.78 is 22.6. The van der Waals surface area contributed by atoms with Crippen LogP contribution in [0.3, 0.4) is 0 Å².